The van der Waals surface area contributed by atoms with Crippen molar-refractivity contribution in [2.75, 3.05) is 0 Å². The van der Waals surface area contributed by atoms with Gasteiger partial charge in [0.2, 0.25) is 0 Å². The minimum Gasteiger partial charge on any atom is -0.0590 e. The van der Waals surface area contributed by atoms with Gasteiger partial charge in [-0.05, 0) is 54.7 Å². The van der Waals surface area contributed by atoms with Crippen LogP contribution >= 0.6 is 0 Å². The third kappa shape index (κ3) is 2.59. The number of aryl methyl sites for hydroxylation is 3. The van der Waals surface area contributed by atoms with E-state index in [4.69, 9.17) is 0 Å². The van der Waals surface area contributed by atoms with Crippen LogP contribution in [0.1, 0.15) is 44.9 Å². The van der Waals surface area contributed by atoms with E-state index in [-0.39, 0.29) is 0 Å². The summed E-state index contributed by atoms with van der Waals surface area (Å²) in [7, 11) is 0. The van der Waals surface area contributed by atoms with Gasteiger partial charge in [0.1, 0.15) is 0 Å². The fourth-order valence-electron chi connectivity index (χ4n) is 3.61. The lowest BCUT2D eigenvalue weighted by atomic mass is 9.85. The standard InChI is InChI=1S/C24H22/c1-16-4-9-19(10-5-16)23-15-21-14-18(3)8-13-22(21)24(23)20-11-6-17(2)7-12-20/h4-15,24H,1-3H3. The SMILES string of the molecule is Cc1ccc(C2=Cc3cc(C)ccc3C2c2ccc(C)cc2)cc1. The van der Waals surface area contributed by atoms with Gasteiger partial charge in [-0.25, -0.2) is 0 Å². The van der Waals surface area contributed by atoms with Gasteiger partial charge in [0.25, 0.3) is 0 Å². The molecule has 0 nitrogen and oxygen atoms in total. The van der Waals surface area contributed by atoms with Crippen LogP contribution in [0.4, 0.5) is 0 Å². The van der Waals surface area contributed by atoms with Crippen molar-refractivity contribution in [1.82, 2.24) is 0 Å². The van der Waals surface area contributed by atoms with Crippen LogP contribution in [0.2, 0.25) is 0 Å². The van der Waals surface area contributed by atoms with Crippen LogP contribution in [0, 0.1) is 20.8 Å². The number of benzene rings is 3. The van der Waals surface area contributed by atoms with Crippen LogP contribution in [-0.4, -0.2) is 0 Å². The molecule has 118 valence electrons. The van der Waals surface area contributed by atoms with Gasteiger partial charge in [-0.1, -0.05) is 83.4 Å². The van der Waals surface area contributed by atoms with Crippen molar-refractivity contribution in [3.8, 4) is 0 Å². The quantitative estimate of drug-likeness (QED) is 0.521. The van der Waals surface area contributed by atoms with E-state index in [1.54, 1.807) is 0 Å². The molecule has 1 unspecified atom stereocenters. The molecule has 0 N–H and O–H groups in total. The first kappa shape index (κ1) is 15.0. The summed E-state index contributed by atoms with van der Waals surface area (Å²) in [5.41, 5.74) is 10.8. The minimum absolute atomic E-state index is 0.323. The molecule has 4 rings (SSSR count). The summed E-state index contributed by atoms with van der Waals surface area (Å²) in [6.07, 6.45) is 2.37. The van der Waals surface area contributed by atoms with Gasteiger partial charge in [0.15, 0.2) is 0 Å². The molecule has 1 atom stereocenters. The zero-order chi connectivity index (χ0) is 16.7. The predicted molar refractivity (Wildman–Crippen MR) is 103 cm³/mol. The fourth-order valence-corrected chi connectivity index (χ4v) is 3.61. The molecule has 0 heterocycles. The summed E-state index contributed by atoms with van der Waals surface area (Å²) in [4.78, 5) is 0. The maximum absolute atomic E-state index is 2.37. The van der Waals surface area contributed by atoms with E-state index in [1.165, 1.54) is 44.5 Å². The third-order valence-electron chi connectivity index (χ3n) is 4.97. The highest BCUT2D eigenvalue weighted by Gasteiger charge is 2.27. The largest absolute Gasteiger partial charge is 0.0590 e. The maximum atomic E-state index is 2.37. The molecule has 0 heteroatoms. The second-order valence-corrected chi connectivity index (χ2v) is 6.94. The van der Waals surface area contributed by atoms with Crippen molar-refractivity contribution in [3.05, 3.63) is 106 Å². The highest BCUT2D eigenvalue weighted by atomic mass is 14.3. The first-order valence-electron chi connectivity index (χ1n) is 8.57. The van der Waals surface area contributed by atoms with Gasteiger partial charge in [-0.15, -0.1) is 0 Å². The molecule has 24 heavy (non-hydrogen) atoms. The third-order valence-corrected chi connectivity index (χ3v) is 4.97. The molecule has 0 fully saturated rings. The average molecular weight is 310 g/mol. The minimum atomic E-state index is 0.323. The Morgan fingerprint density at radius 2 is 1.21 bits per heavy atom. The highest BCUT2D eigenvalue weighted by Crippen LogP contribution is 2.46. The Morgan fingerprint density at radius 3 is 1.88 bits per heavy atom. The second kappa shape index (κ2) is 5.79. The van der Waals surface area contributed by atoms with Crippen molar-refractivity contribution >= 4 is 11.6 Å². The molecule has 0 saturated heterocycles. The Bertz CT molecular complexity index is 909. The van der Waals surface area contributed by atoms with Crippen molar-refractivity contribution < 1.29 is 0 Å². The molecule has 0 saturated carbocycles. The van der Waals surface area contributed by atoms with Crippen LogP contribution in [0.15, 0.2) is 66.7 Å². The second-order valence-electron chi connectivity index (χ2n) is 6.94. The summed E-state index contributed by atoms with van der Waals surface area (Å²) < 4.78 is 0. The lowest BCUT2D eigenvalue weighted by Gasteiger charge is -2.18. The van der Waals surface area contributed by atoms with Crippen LogP contribution in [0.5, 0.6) is 0 Å². The molecule has 3 aromatic rings. The summed E-state index contributed by atoms with van der Waals surface area (Å²) in [6.45, 7) is 6.45. The Kier molecular flexibility index (Phi) is 3.61. The summed E-state index contributed by atoms with van der Waals surface area (Å²) in [6, 6.07) is 24.7. The predicted octanol–water partition coefficient (Wildman–Crippen LogP) is 6.30. The molecule has 1 aliphatic carbocycles. The molecule has 0 amide bonds. The molecular formula is C24H22. The highest BCUT2D eigenvalue weighted by molar-refractivity contribution is 5.93. The summed E-state index contributed by atoms with van der Waals surface area (Å²) >= 11 is 0. The van der Waals surface area contributed by atoms with Crippen LogP contribution in [-0.2, 0) is 0 Å². The molecule has 0 spiro atoms. The zero-order valence-electron chi connectivity index (χ0n) is 14.5. The van der Waals surface area contributed by atoms with Gasteiger partial charge in [0, 0.05) is 5.92 Å². The fraction of sp³-hybridized carbons (Fsp3) is 0.167. The van der Waals surface area contributed by atoms with Crippen LogP contribution in [0.3, 0.4) is 0 Å². The number of hydrogen-bond donors (Lipinski definition) is 0. The van der Waals surface area contributed by atoms with Crippen molar-refractivity contribution in [3.63, 3.8) is 0 Å². The molecular weight excluding hydrogens is 288 g/mol. The van der Waals surface area contributed by atoms with Crippen molar-refractivity contribution in [2.45, 2.75) is 26.7 Å². The molecule has 0 aliphatic heterocycles. The van der Waals surface area contributed by atoms with Gasteiger partial charge in [-0.2, -0.15) is 0 Å². The number of rotatable bonds is 2. The summed E-state index contributed by atoms with van der Waals surface area (Å²) in [5, 5.41) is 0. The average Bonchev–Trinajstić information content (AvgIpc) is 2.94. The normalized spacial score (nSPS) is 16.0. The zero-order valence-corrected chi connectivity index (χ0v) is 14.5. The Morgan fingerprint density at radius 1 is 0.625 bits per heavy atom. The van der Waals surface area contributed by atoms with Crippen LogP contribution < -0.4 is 0 Å². The van der Waals surface area contributed by atoms with E-state index in [9.17, 15) is 0 Å². The van der Waals surface area contributed by atoms with Crippen molar-refractivity contribution in [2.24, 2.45) is 0 Å². The monoisotopic (exact) mass is 310 g/mol. The molecule has 1 aliphatic rings. The van der Waals surface area contributed by atoms with Gasteiger partial charge in [0.05, 0.1) is 0 Å². The van der Waals surface area contributed by atoms with E-state index in [0.29, 0.717) is 5.92 Å². The lowest BCUT2D eigenvalue weighted by molar-refractivity contribution is 1.06. The number of allylic oxidation sites excluding steroid dienone is 1. The Labute approximate surface area is 144 Å². The smallest absolute Gasteiger partial charge is 0.0352 e. The maximum Gasteiger partial charge on any atom is 0.0352 e. The number of hydrogen-bond acceptors (Lipinski definition) is 0. The van der Waals surface area contributed by atoms with E-state index in [0.717, 1.165) is 0 Å². The van der Waals surface area contributed by atoms with Gasteiger partial charge < -0.3 is 0 Å². The first-order chi connectivity index (χ1) is 11.6. The van der Waals surface area contributed by atoms with Crippen LogP contribution in [0.25, 0.3) is 11.6 Å². The molecule has 3 aromatic carbocycles. The van der Waals surface area contributed by atoms with E-state index >= 15 is 0 Å². The molecule has 0 radical (unpaired) electrons. The first-order valence-corrected chi connectivity index (χ1v) is 8.57. The van der Waals surface area contributed by atoms with E-state index < -0.39 is 0 Å². The molecule has 0 bridgehead atoms. The summed E-state index contributed by atoms with van der Waals surface area (Å²) in [5.74, 6) is 0.323. The topological polar surface area (TPSA) is 0 Å². The van der Waals surface area contributed by atoms with Crippen molar-refractivity contribution in [1.29, 1.82) is 0 Å². The Hall–Kier alpha value is -2.60. The van der Waals surface area contributed by atoms with Gasteiger partial charge in [-0.3, -0.25) is 0 Å². The lowest BCUT2D eigenvalue weighted by Crippen LogP contribution is -2.01. The Balaban J connectivity index is 1.88. The van der Waals surface area contributed by atoms with E-state index in [2.05, 4.69) is 93.6 Å². The van der Waals surface area contributed by atoms with Gasteiger partial charge >= 0.3 is 0 Å². The van der Waals surface area contributed by atoms with E-state index in [1.807, 2.05) is 0 Å². The molecule has 0 aromatic heterocycles. The number of fused-ring (bicyclic) bond motifs is 1.